The van der Waals surface area contributed by atoms with Gasteiger partial charge in [0.1, 0.15) is 5.76 Å². The average Bonchev–Trinajstić information content (AvgIpc) is 2.17. The number of aryl methyl sites for hydroxylation is 1. The number of nitrogens with two attached hydrogens (primary N) is 1. The highest BCUT2D eigenvalue weighted by Crippen LogP contribution is 2.23. The van der Waals surface area contributed by atoms with E-state index in [1.807, 2.05) is 6.92 Å². The van der Waals surface area contributed by atoms with Gasteiger partial charge in [-0.1, -0.05) is 0 Å². The standard InChI is InChI=1S/C11H12N2O2/c1-7-9-3-2-8(14)6-10(9)15-11(13-7)4-5-12/h2-3,6H,4-5,12H2,1H3. The summed E-state index contributed by atoms with van der Waals surface area (Å²) in [6, 6.07) is 4.72. The van der Waals surface area contributed by atoms with Gasteiger partial charge in [-0.05, 0) is 19.1 Å². The molecule has 15 heavy (non-hydrogen) atoms. The maximum absolute atomic E-state index is 11.2. The van der Waals surface area contributed by atoms with Crippen molar-refractivity contribution in [3.05, 3.63) is 40.0 Å². The molecular weight excluding hydrogens is 192 g/mol. The van der Waals surface area contributed by atoms with Gasteiger partial charge < -0.3 is 10.2 Å². The highest BCUT2D eigenvalue weighted by atomic mass is 16.3. The molecule has 1 aliphatic carbocycles. The summed E-state index contributed by atoms with van der Waals surface area (Å²) in [4.78, 5) is 15.4. The van der Waals surface area contributed by atoms with Crippen molar-refractivity contribution in [1.29, 1.82) is 0 Å². The molecule has 0 unspecified atom stereocenters. The molecule has 2 aliphatic rings. The van der Waals surface area contributed by atoms with E-state index < -0.39 is 0 Å². The monoisotopic (exact) mass is 204 g/mol. The van der Waals surface area contributed by atoms with Crippen LogP contribution in [-0.4, -0.2) is 11.5 Å². The van der Waals surface area contributed by atoms with Gasteiger partial charge in [-0.3, -0.25) is 4.79 Å². The summed E-state index contributed by atoms with van der Waals surface area (Å²) in [6.07, 6.45) is 0.583. The number of fused-ring (bicyclic) bond motifs is 1. The first-order valence-electron chi connectivity index (χ1n) is 4.81. The van der Waals surface area contributed by atoms with E-state index in [4.69, 9.17) is 10.2 Å². The molecule has 0 aromatic rings. The van der Waals surface area contributed by atoms with Crippen LogP contribution in [0.5, 0.6) is 0 Å². The van der Waals surface area contributed by atoms with Crippen molar-refractivity contribution in [1.82, 2.24) is 4.98 Å². The Labute approximate surface area is 87.1 Å². The van der Waals surface area contributed by atoms with E-state index in [1.165, 1.54) is 12.1 Å². The molecule has 0 saturated carbocycles. The summed E-state index contributed by atoms with van der Waals surface area (Å²) in [5.41, 5.74) is 7.09. The van der Waals surface area contributed by atoms with Crippen molar-refractivity contribution in [3.8, 4) is 11.3 Å². The second-order valence-electron chi connectivity index (χ2n) is 3.39. The highest BCUT2D eigenvalue weighted by Gasteiger charge is 2.10. The molecule has 2 rings (SSSR count). The number of hydrogen-bond acceptors (Lipinski definition) is 4. The highest BCUT2D eigenvalue weighted by molar-refractivity contribution is 5.60. The second-order valence-corrected chi connectivity index (χ2v) is 3.39. The first-order chi connectivity index (χ1) is 7.20. The molecule has 4 heteroatoms. The normalized spacial score (nSPS) is 10.8. The van der Waals surface area contributed by atoms with E-state index in [1.54, 1.807) is 6.07 Å². The summed E-state index contributed by atoms with van der Waals surface area (Å²) in [5, 5.41) is 0. The maximum atomic E-state index is 11.2. The lowest BCUT2D eigenvalue weighted by Gasteiger charge is -2.08. The lowest BCUT2D eigenvalue weighted by Crippen LogP contribution is -2.07. The third-order valence-corrected chi connectivity index (χ3v) is 2.22. The van der Waals surface area contributed by atoms with Crippen LogP contribution in [0.25, 0.3) is 11.3 Å². The largest absolute Gasteiger partial charge is 0.442 e. The molecule has 0 atom stereocenters. The lowest BCUT2D eigenvalue weighted by molar-refractivity contribution is 0.475. The first kappa shape index (κ1) is 9.86. The summed E-state index contributed by atoms with van der Waals surface area (Å²) in [6.45, 7) is 2.38. The Kier molecular flexibility index (Phi) is 2.51. The Morgan fingerprint density at radius 1 is 1.47 bits per heavy atom. The van der Waals surface area contributed by atoms with Crippen LogP contribution >= 0.6 is 0 Å². The van der Waals surface area contributed by atoms with E-state index in [0.717, 1.165) is 11.3 Å². The van der Waals surface area contributed by atoms with Crippen molar-refractivity contribution in [2.45, 2.75) is 13.3 Å². The second kappa shape index (κ2) is 3.82. The van der Waals surface area contributed by atoms with E-state index in [0.29, 0.717) is 24.6 Å². The summed E-state index contributed by atoms with van der Waals surface area (Å²) >= 11 is 0. The van der Waals surface area contributed by atoms with E-state index in [-0.39, 0.29) is 5.43 Å². The molecule has 0 radical (unpaired) electrons. The quantitative estimate of drug-likeness (QED) is 0.790. The molecule has 0 bridgehead atoms. The molecule has 0 saturated heterocycles. The van der Waals surface area contributed by atoms with E-state index in [9.17, 15) is 4.79 Å². The molecule has 1 heterocycles. The smallest absolute Gasteiger partial charge is 0.196 e. The molecule has 0 aromatic carbocycles. The minimum atomic E-state index is -0.0597. The molecule has 0 aromatic heterocycles. The molecular formula is C11H12N2O2. The van der Waals surface area contributed by atoms with Crippen molar-refractivity contribution in [2.75, 3.05) is 6.54 Å². The third kappa shape index (κ3) is 1.89. The molecule has 0 spiro atoms. The van der Waals surface area contributed by atoms with Gasteiger partial charge in [-0.25, -0.2) is 4.98 Å². The van der Waals surface area contributed by atoms with Crippen LogP contribution in [0.4, 0.5) is 0 Å². The van der Waals surface area contributed by atoms with Crippen LogP contribution in [0.15, 0.2) is 27.4 Å². The number of aromatic nitrogens is 1. The molecule has 4 nitrogen and oxygen atoms in total. The number of nitrogens with zero attached hydrogens (tertiary/aromatic N) is 1. The van der Waals surface area contributed by atoms with Gasteiger partial charge in [-0.2, -0.15) is 0 Å². The lowest BCUT2D eigenvalue weighted by atomic mass is 10.1. The SMILES string of the molecule is Cc1nc(CCN)oc2cc(=O)ccc1-2. The zero-order chi connectivity index (χ0) is 10.8. The Balaban J connectivity index is 2.63. The zero-order valence-electron chi connectivity index (χ0n) is 8.49. The van der Waals surface area contributed by atoms with Gasteiger partial charge in [0, 0.05) is 24.6 Å². The molecule has 0 fully saturated rings. The molecule has 2 N–H and O–H groups in total. The third-order valence-electron chi connectivity index (χ3n) is 2.22. The summed E-state index contributed by atoms with van der Waals surface area (Å²) < 4.78 is 5.47. The number of benzene rings is 1. The minimum absolute atomic E-state index is 0.0597. The van der Waals surface area contributed by atoms with Gasteiger partial charge in [0.15, 0.2) is 11.3 Å². The van der Waals surface area contributed by atoms with Gasteiger partial charge in [0.05, 0.1) is 5.69 Å². The van der Waals surface area contributed by atoms with Crippen LogP contribution in [0.2, 0.25) is 0 Å². The van der Waals surface area contributed by atoms with Crippen LogP contribution in [0, 0.1) is 6.92 Å². The van der Waals surface area contributed by atoms with E-state index in [2.05, 4.69) is 4.98 Å². The van der Waals surface area contributed by atoms with Crippen molar-refractivity contribution < 1.29 is 4.42 Å². The van der Waals surface area contributed by atoms with Gasteiger partial charge in [0.2, 0.25) is 0 Å². The zero-order valence-corrected chi connectivity index (χ0v) is 8.49. The van der Waals surface area contributed by atoms with Gasteiger partial charge in [-0.15, -0.1) is 0 Å². The predicted octanol–water partition coefficient (Wildman–Crippen LogP) is 0.949. The van der Waals surface area contributed by atoms with Crippen LogP contribution in [-0.2, 0) is 6.42 Å². The topological polar surface area (TPSA) is 69.1 Å². The number of rotatable bonds is 2. The average molecular weight is 204 g/mol. The van der Waals surface area contributed by atoms with Crippen molar-refractivity contribution in [3.63, 3.8) is 0 Å². The van der Waals surface area contributed by atoms with Gasteiger partial charge in [0.25, 0.3) is 0 Å². The summed E-state index contributed by atoms with van der Waals surface area (Å²) in [7, 11) is 0. The molecule has 78 valence electrons. The first-order valence-corrected chi connectivity index (χ1v) is 4.81. The molecule has 1 aliphatic heterocycles. The number of hydrogen-bond donors (Lipinski definition) is 1. The predicted molar refractivity (Wildman–Crippen MR) is 56.9 cm³/mol. The summed E-state index contributed by atoms with van der Waals surface area (Å²) in [5.74, 6) is 1.16. The Hall–Kier alpha value is -1.68. The Bertz CT molecular complexity index is 505. The van der Waals surface area contributed by atoms with Crippen LogP contribution in [0.3, 0.4) is 0 Å². The van der Waals surface area contributed by atoms with E-state index >= 15 is 0 Å². The fourth-order valence-electron chi connectivity index (χ4n) is 1.51. The Morgan fingerprint density at radius 2 is 2.27 bits per heavy atom. The van der Waals surface area contributed by atoms with Crippen LogP contribution < -0.4 is 11.2 Å². The Morgan fingerprint density at radius 3 is 3.00 bits per heavy atom. The minimum Gasteiger partial charge on any atom is -0.442 e. The molecule has 0 amide bonds. The fraction of sp³-hybridized carbons (Fsp3) is 0.273. The van der Waals surface area contributed by atoms with Crippen LogP contribution in [0.1, 0.15) is 11.6 Å². The maximum Gasteiger partial charge on any atom is 0.196 e. The fourth-order valence-corrected chi connectivity index (χ4v) is 1.51. The van der Waals surface area contributed by atoms with Gasteiger partial charge >= 0.3 is 0 Å². The van der Waals surface area contributed by atoms with Crippen molar-refractivity contribution in [2.24, 2.45) is 5.73 Å². The van der Waals surface area contributed by atoms with Crippen molar-refractivity contribution >= 4 is 0 Å².